The van der Waals surface area contributed by atoms with Crippen LogP contribution in [0.25, 0.3) is 0 Å². The lowest BCUT2D eigenvalue weighted by Crippen LogP contribution is -2.27. The van der Waals surface area contributed by atoms with Crippen molar-refractivity contribution in [1.82, 2.24) is 0 Å². The first-order valence-electron chi connectivity index (χ1n) is 6.54. The van der Waals surface area contributed by atoms with Gasteiger partial charge in [-0.05, 0) is 24.3 Å². The highest BCUT2D eigenvalue weighted by Crippen LogP contribution is 2.26. The van der Waals surface area contributed by atoms with Gasteiger partial charge in [0.05, 0.1) is 17.6 Å². The Balaban J connectivity index is 2.18. The minimum absolute atomic E-state index is 0.396. The Hall–Kier alpha value is -2.54. The van der Waals surface area contributed by atoms with E-state index in [9.17, 15) is 13.2 Å². The van der Waals surface area contributed by atoms with Gasteiger partial charge in [0.15, 0.2) is 0 Å². The minimum Gasteiger partial charge on any atom is -0.308 e. The van der Waals surface area contributed by atoms with Crippen LogP contribution in [0, 0.1) is 0 Å². The summed E-state index contributed by atoms with van der Waals surface area (Å²) in [6.07, 6.45) is 1.10. The third kappa shape index (κ3) is 3.98. The lowest BCUT2D eigenvalue weighted by molar-refractivity contribution is 0.262. The van der Waals surface area contributed by atoms with E-state index in [-0.39, 0.29) is 0 Å². The van der Waals surface area contributed by atoms with Crippen LogP contribution in [0.15, 0.2) is 54.6 Å². The molecule has 0 heterocycles. The highest BCUT2D eigenvalue weighted by Gasteiger charge is 2.16. The zero-order valence-electron chi connectivity index (χ0n) is 12.3. The molecule has 0 atom stereocenters. The molecule has 0 spiro atoms. The summed E-state index contributed by atoms with van der Waals surface area (Å²) >= 11 is 0. The molecule has 2 rings (SSSR count). The van der Waals surface area contributed by atoms with Gasteiger partial charge in [0.1, 0.15) is 0 Å². The normalized spacial score (nSPS) is 10.8. The van der Waals surface area contributed by atoms with Crippen molar-refractivity contribution in [3.63, 3.8) is 0 Å². The van der Waals surface area contributed by atoms with E-state index in [1.54, 1.807) is 48.5 Å². The summed E-state index contributed by atoms with van der Waals surface area (Å²) in [4.78, 5) is 12.0. The Morgan fingerprint density at radius 1 is 0.955 bits per heavy atom. The fourth-order valence-corrected chi connectivity index (χ4v) is 2.36. The molecule has 6 nitrogen and oxygen atoms in total. The van der Waals surface area contributed by atoms with Gasteiger partial charge in [0.25, 0.3) is 0 Å². The van der Waals surface area contributed by atoms with Crippen molar-refractivity contribution in [3.05, 3.63) is 54.6 Å². The van der Waals surface area contributed by atoms with Crippen molar-refractivity contribution in [2.75, 3.05) is 28.2 Å². The topological polar surface area (TPSA) is 78.5 Å². The summed E-state index contributed by atoms with van der Waals surface area (Å²) < 4.78 is 24.4. The second-order valence-corrected chi connectivity index (χ2v) is 6.71. The van der Waals surface area contributed by atoms with E-state index in [2.05, 4.69) is 10.6 Å². The van der Waals surface area contributed by atoms with Gasteiger partial charge in [-0.25, -0.2) is 13.2 Å². The van der Waals surface area contributed by atoms with Crippen LogP contribution in [0.3, 0.4) is 0 Å². The molecule has 2 aromatic carbocycles. The van der Waals surface area contributed by atoms with Crippen LogP contribution < -0.4 is 14.9 Å². The largest absolute Gasteiger partial charge is 0.323 e. The lowest BCUT2D eigenvalue weighted by atomic mass is 10.2. The molecule has 0 aliphatic rings. The molecule has 0 aromatic heterocycles. The van der Waals surface area contributed by atoms with E-state index < -0.39 is 16.1 Å². The Morgan fingerprint density at radius 3 is 2.18 bits per heavy atom. The number of nitrogens with zero attached hydrogens (tertiary/aromatic N) is 1. The van der Waals surface area contributed by atoms with E-state index in [0.717, 1.165) is 10.6 Å². The summed E-state index contributed by atoms with van der Waals surface area (Å²) in [5.74, 6) is 0. The van der Waals surface area contributed by atoms with Gasteiger partial charge in [-0.3, -0.25) is 4.31 Å². The van der Waals surface area contributed by atoms with Gasteiger partial charge in [0, 0.05) is 12.7 Å². The Morgan fingerprint density at radius 2 is 1.55 bits per heavy atom. The molecule has 0 saturated heterocycles. The van der Waals surface area contributed by atoms with Crippen LogP contribution >= 0.6 is 0 Å². The molecule has 2 N–H and O–H groups in total. The maximum atomic E-state index is 12.0. The highest BCUT2D eigenvalue weighted by atomic mass is 32.2. The standard InChI is InChI=1S/C15H17N3O3S/c1-18(22(2,20)21)14-11-7-6-10-13(14)17-15(19)16-12-8-4-3-5-9-12/h3-11H,1-2H3,(H2,16,17,19). The van der Waals surface area contributed by atoms with E-state index in [0.29, 0.717) is 17.1 Å². The van der Waals surface area contributed by atoms with Crippen LogP contribution in [0.2, 0.25) is 0 Å². The van der Waals surface area contributed by atoms with Crippen LogP contribution in [0.5, 0.6) is 0 Å². The van der Waals surface area contributed by atoms with Gasteiger partial charge < -0.3 is 10.6 Å². The third-order valence-corrected chi connectivity index (χ3v) is 4.21. The highest BCUT2D eigenvalue weighted by molar-refractivity contribution is 7.92. The molecule has 0 aliphatic carbocycles. The fourth-order valence-electron chi connectivity index (χ4n) is 1.84. The number of nitrogens with one attached hydrogen (secondary N) is 2. The molecule has 2 amide bonds. The number of sulfonamides is 1. The molecule has 7 heteroatoms. The van der Waals surface area contributed by atoms with Crippen molar-refractivity contribution in [2.24, 2.45) is 0 Å². The number of anilines is 3. The second-order valence-electron chi connectivity index (χ2n) is 4.69. The van der Waals surface area contributed by atoms with Crippen LogP contribution in [-0.2, 0) is 10.0 Å². The maximum Gasteiger partial charge on any atom is 0.323 e. The van der Waals surface area contributed by atoms with Gasteiger partial charge in [0.2, 0.25) is 10.0 Å². The first kappa shape index (κ1) is 15.8. The quantitative estimate of drug-likeness (QED) is 0.909. The smallest absolute Gasteiger partial charge is 0.308 e. The van der Waals surface area contributed by atoms with E-state index in [4.69, 9.17) is 0 Å². The Bertz CT molecular complexity index is 761. The summed E-state index contributed by atoms with van der Waals surface area (Å²) in [5.41, 5.74) is 1.45. The molecule has 0 fully saturated rings. The number of rotatable bonds is 4. The lowest BCUT2D eigenvalue weighted by Gasteiger charge is -2.20. The molecular formula is C15H17N3O3S. The number of hydrogen-bond donors (Lipinski definition) is 2. The van der Waals surface area contributed by atoms with Crippen molar-refractivity contribution >= 4 is 33.1 Å². The van der Waals surface area contributed by atoms with Crippen LogP contribution in [0.1, 0.15) is 0 Å². The first-order valence-corrected chi connectivity index (χ1v) is 8.39. The molecule has 116 valence electrons. The molecule has 0 bridgehead atoms. The van der Waals surface area contributed by atoms with Crippen molar-refractivity contribution in [2.45, 2.75) is 0 Å². The number of para-hydroxylation sites is 3. The van der Waals surface area contributed by atoms with Crippen molar-refractivity contribution in [3.8, 4) is 0 Å². The summed E-state index contributed by atoms with van der Waals surface area (Å²) in [7, 11) is -1.98. The monoisotopic (exact) mass is 319 g/mol. The third-order valence-electron chi connectivity index (χ3n) is 3.02. The number of hydrogen-bond acceptors (Lipinski definition) is 3. The van der Waals surface area contributed by atoms with E-state index in [1.807, 2.05) is 6.07 Å². The predicted molar refractivity (Wildman–Crippen MR) is 88.8 cm³/mol. The zero-order valence-corrected chi connectivity index (χ0v) is 13.1. The van der Waals surface area contributed by atoms with E-state index in [1.165, 1.54) is 7.05 Å². The summed E-state index contributed by atoms with van der Waals surface area (Å²) in [6, 6.07) is 15.2. The molecular weight excluding hydrogens is 302 g/mol. The van der Waals surface area contributed by atoms with Crippen LogP contribution in [-0.4, -0.2) is 27.8 Å². The van der Waals surface area contributed by atoms with Gasteiger partial charge >= 0.3 is 6.03 Å². The molecule has 22 heavy (non-hydrogen) atoms. The molecule has 0 aliphatic heterocycles. The SMILES string of the molecule is CN(c1ccccc1NC(=O)Nc1ccccc1)S(C)(=O)=O. The fraction of sp³-hybridized carbons (Fsp3) is 0.133. The van der Waals surface area contributed by atoms with Gasteiger partial charge in [-0.15, -0.1) is 0 Å². The number of carbonyl (C=O) groups excluding carboxylic acids is 1. The number of urea groups is 1. The first-order chi connectivity index (χ1) is 10.4. The van der Waals surface area contributed by atoms with Gasteiger partial charge in [-0.2, -0.15) is 0 Å². The average Bonchev–Trinajstić information content (AvgIpc) is 2.47. The number of carbonyl (C=O) groups is 1. The number of amides is 2. The van der Waals surface area contributed by atoms with Crippen molar-refractivity contribution in [1.29, 1.82) is 0 Å². The molecule has 2 aromatic rings. The Kier molecular flexibility index (Phi) is 4.67. The average molecular weight is 319 g/mol. The van der Waals surface area contributed by atoms with E-state index >= 15 is 0 Å². The summed E-state index contributed by atoms with van der Waals surface area (Å²) in [6.45, 7) is 0. The minimum atomic E-state index is -3.41. The maximum absolute atomic E-state index is 12.0. The van der Waals surface area contributed by atoms with Crippen LogP contribution in [0.4, 0.5) is 21.9 Å². The number of benzene rings is 2. The molecule has 0 unspecified atom stereocenters. The van der Waals surface area contributed by atoms with Crippen molar-refractivity contribution < 1.29 is 13.2 Å². The summed E-state index contributed by atoms with van der Waals surface area (Å²) in [5, 5.41) is 5.33. The second kappa shape index (κ2) is 6.48. The van der Waals surface area contributed by atoms with Gasteiger partial charge in [-0.1, -0.05) is 30.3 Å². The predicted octanol–water partition coefficient (Wildman–Crippen LogP) is 2.73. The molecule has 0 radical (unpaired) electrons. The Labute approximate surface area is 129 Å². The zero-order chi connectivity index (χ0) is 16.2. The molecule has 0 saturated carbocycles.